The molecule has 2 aromatic heterocycles. The number of methoxy groups -OCH3 is 1. The maximum atomic E-state index is 6.10. The molecule has 0 bridgehead atoms. The van der Waals surface area contributed by atoms with E-state index in [9.17, 15) is 0 Å². The van der Waals surface area contributed by atoms with Gasteiger partial charge in [-0.15, -0.1) is 11.3 Å². The average molecular weight is 438 g/mol. The van der Waals surface area contributed by atoms with E-state index >= 15 is 0 Å². The van der Waals surface area contributed by atoms with Crippen LogP contribution in [0.3, 0.4) is 0 Å². The lowest BCUT2D eigenvalue weighted by Crippen LogP contribution is -2.36. The van der Waals surface area contributed by atoms with Gasteiger partial charge in [-0.1, -0.05) is 23.2 Å². The predicted octanol–water partition coefficient (Wildman–Crippen LogP) is 4.33. The number of rotatable bonds is 6. The Morgan fingerprint density at radius 2 is 1.93 bits per heavy atom. The molecule has 2 N–H and O–H groups in total. The molecule has 0 unspecified atom stereocenters. The molecule has 0 amide bonds. The Morgan fingerprint density at radius 1 is 1.21 bits per heavy atom. The normalized spacial score (nSPS) is 11.5. The summed E-state index contributed by atoms with van der Waals surface area (Å²) in [6.45, 7) is 1.12. The van der Waals surface area contributed by atoms with Gasteiger partial charge in [-0.05, 0) is 30.3 Å². The summed E-state index contributed by atoms with van der Waals surface area (Å²) in [5.41, 5.74) is 2.98. The van der Waals surface area contributed by atoms with Crippen LogP contribution in [0.2, 0.25) is 10.2 Å². The van der Waals surface area contributed by atoms with Crippen molar-refractivity contribution >= 4 is 40.5 Å². The molecule has 3 aromatic rings. The van der Waals surface area contributed by atoms with E-state index in [0.29, 0.717) is 29.2 Å². The number of benzene rings is 1. The average Bonchev–Trinajstić information content (AvgIpc) is 3.29. The van der Waals surface area contributed by atoms with Crippen molar-refractivity contribution in [2.24, 2.45) is 12.0 Å². The first-order valence-corrected chi connectivity index (χ1v) is 10.2. The summed E-state index contributed by atoms with van der Waals surface area (Å²) in [6, 6.07) is 9.72. The molecule has 0 saturated heterocycles. The monoisotopic (exact) mass is 437 g/mol. The predicted molar refractivity (Wildman–Crippen MR) is 117 cm³/mol. The quantitative estimate of drug-likeness (QED) is 0.444. The van der Waals surface area contributed by atoms with Crippen molar-refractivity contribution in [2.75, 3.05) is 14.2 Å². The smallest absolute Gasteiger partial charge is 0.191 e. The van der Waals surface area contributed by atoms with Crippen LogP contribution in [0.4, 0.5) is 0 Å². The Kier molecular flexibility index (Phi) is 6.83. The van der Waals surface area contributed by atoms with Crippen LogP contribution in [-0.2, 0) is 20.1 Å². The summed E-state index contributed by atoms with van der Waals surface area (Å²) in [4.78, 5) is 8.93. The fourth-order valence-corrected chi connectivity index (χ4v) is 3.82. The minimum atomic E-state index is 0.523. The number of hydrogen-bond acceptors (Lipinski definition) is 4. The molecule has 0 aliphatic rings. The van der Waals surface area contributed by atoms with Gasteiger partial charge in [0.2, 0.25) is 0 Å². The molecule has 0 aliphatic carbocycles. The zero-order valence-corrected chi connectivity index (χ0v) is 18.1. The van der Waals surface area contributed by atoms with Gasteiger partial charge in [0.15, 0.2) is 5.96 Å². The van der Waals surface area contributed by atoms with E-state index < -0.39 is 0 Å². The van der Waals surface area contributed by atoms with Gasteiger partial charge in [0, 0.05) is 30.7 Å². The fourth-order valence-electron chi connectivity index (χ4n) is 2.58. The lowest BCUT2D eigenvalue weighted by Gasteiger charge is -2.11. The number of aliphatic imine (C=N–C) groups is 1. The van der Waals surface area contributed by atoms with Crippen molar-refractivity contribution < 1.29 is 4.74 Å². The third-order valence-electron chi connectivity index (χ3n) is 4.20. The van der Waals surface area contributed by atoms with Crippen LogP contribution in [-0.4, -0.2) is 29.7 Å². The first-order valence-electron chi connectivity index (χ1n) is 8.54. The van der Waals surface area contributed by atoms with Crippen molar-refractivity contribution in [1.29, 1.82) is 0 Å². The Balaban J connectivity index is 1.56. The third-order valence-corrected chi connectivity index (χ3v) is 5.98. The number of guanidine groups is 1. The maximum absolute atomic E-state index is 6.10. The van der Waals surface area contributed by atoms with Gasteiger partial charge >= 0.3 is 0 Å². The first-order chi connectivity index (χ1) is 13.5. The van der Waals surface area contributed by atoms with Gasteiger partial charge in [0.05, 0.1) is 30.9 Å². The summed E-state index contributed by atoms with van der Waals surface area (Å²) in [7, 11) is 5.26. The Labute approximate surface area is 178 Å². The highest BCUT2D eigenvalue weighted by molar-refractivity contribution is 7.13. The molecule has 28 heavy (non-hydrogen) atoms. The van der Waals surface area contributed by atoms with Gasteiger partial charge in [-0.3, -0.25) is 4.99 Å². The fraction of sp³-hybridized carbons (Fsp3) is 0.263. The van der Waals surface area contributed by atoms with E-state index in [1.807, 2.05) is 47.3 Å². The lowest BCUT2D eigenvalue weighted by atomic mass is 10.2. The summed E-state index contributed by atoms with van der Waals surface area (Å²) in [5, 5.41) is 10.6. The second-order valence-corrected chi connectivity index (χ2v) is 7.61. The second kappa shape index (κ2) is 9.32. The minimum absolute atomic E-state index is 0.523. The van der Waals surface area contributed by atoms with Crippen LogP contribution in [0.25, 0.3) is 10.6 Å². The van der Waals surface area contributed by atoms with E-state index in [0.717, 1.165) is 27.7 Å². The molecule has 2 heterocycles. The van der Waals surface area contributed by atoms with Crippen molar-refractivity contribution in [1.82, 2.24) is 20.2 Å². The molecule has 0 aliphatic heterocycles. The van der Waals surface area contributed by atoms with Crippen LogP contribution >= 0.6 is 34.5 Å². The highest BCUT2D eigenvalue weighted by atomic mass is 35.5. The van der Waals surface area contributed by atoms with Crippen LogP contribution < -0.4 is 15.4 Å². The molecule has 1 aromatic carbocycles. The topological polar surface area (TPSA) is 63.5 Å². The zero-order chi connectivity index (χ0) is 20.1. The van der Waals surface area contributed by atoms with E-state index in [1.165, 1.54) is 0 Å². The van der Waals surface area contributed by atoms with Crippen molar-refractivity contribution in [3.05, 3.63) is 57.3 Å². The van der Waals surface area contributed by atoms with Crippen LogP contribution in [0.15, 0.2) is 40.7 Å². The Hall–Kier alpha value is -2.22. The standard InChI is InChI=1S/C19H21Cl2N5OS/c1-22-19(24-10-14-8-16(20)17(21)26(14)2)23-9-13-11-28-18(25-13)12-4-6-15(27-3)7-5-12/h4-8,11H,9-10H2,1-3H3,(H2,22,23,24). The molecule has 148 valence electrons. The van der Waals surface area contributed by atoms with E-state index in [1.54, 1.807) is 25.5 Å². The summed E-state index contributed by atoms with van der Waals surface area (Å²) in [5.74, 6) is 1.50. The number of hydrogen-bond donors (Lipinski definition) is 2. The maximum Gasteiger partial charge on any atom is 0.191 e. The van der Waals surface area contributed by atoms with Crippen molar-refractivity contribution in [3.8, 4) is 16.3 Å². The highest BCUT2D eigenvalue weighted by Gasteiger charge is 2.10. The van der Waals surface area contributed by atoms with E-state index in [2.05, 4.69) is 20.6 Å². The zero-order valence-electron chi connectivity index (χ0n) is 15.8. The minimum Gasteiger partial charge on any atom is -0.497 e. The van der Waals surface area contributed by atoms with Gasteiger partial charge in [-0.2, -0.15) is 0 Å². The SMILES string of the molecule is CN=C(NCc1csc(-c2ccc(OC)cc2)n1)NCc1cc(Cl)c(Cl)n1C. The van der Waals surface area contributed by atoms with Gasteiger partial charge in [0.1, 0.15) is 15.9 Å². The van der Waals surface area contributed by atoms with Crippen molar-refractivity contribution in [2.45, 2.75) is 13.1 Å². The largest absolute Gasteiger partial charge is 0.497 e. The molecular formula is C19H21Cl2N5OS. The number of nitrogens with zero attached hydrogens (tertiary/aromatic N) is 3. The third kappa shape index (κ3) is 4.79. The Bertz CT molecular complexity index is 965. The molecule has 0 radical (unpaired) electrons. The number of aromatic nitrogens is 2. The van der Waals surface area contributed by atoms with Crippen molar-refractivity contribution in [3.63, 3.8) is 0 Å². The molecule has 3 rings (SSSR count). The molecule has 0 saturated carbocycles. The van der Waals surface area contributed by atoms with E-state index in [4.69, 9.17) is 27.9 Å². The van der Waals surface area contributed by atoms with Gasteiger partial charge in [0.25, 0.3) is 0 Å². The molecule has 0 spiro atoms. The summed E-state index contributed by atoms with van der Waals surface area (Å²) in [6.07, 6.45) is 0. The number of nitrogens with one attached hydrogen (secondary N) is 2. The molecule has 0 fully saturated rings. The van der Waals surface area contributed by atoms with Crippen LogP contribution in [0.5, 0.6) is 5.75 Å². The van der Waals surface area contributed by atoms with Gasteiger partial charge in [-0.25, -0.2) is 4.98 Å². The summed E-state index contributed by atoms with van der Waals surface area (Å²) < 4.78 is 7.03. The van der Waals surface area contributed by atoms with Crippen LogP contribution in [0.1, 0.15) is 11.4 Å². The number of ether oxygens (including phenoxy) is 1. The second-order valence-electron chi connectivity index (χ2n) is 5.99. The molecule has 6 nitrogen and oxygen atoms in total. The molecular weight excluding hydrogens is 417 g/mol. The number of halogens is 2. The first kappa shape index (κ1) is 20.5. The number of thiazole rings is 1. The van der Waals surface area contributed by atoms with Crippen LogP contribution in [0, 0.1) is 0 Å². The van der Waals surface area contributed by atoms with Gasteiger partial charge < -0.3 is 19.9 Å². The molecule has 0 atom stereocenters. The lowest BCUT2D eigenvalue weighted by molar-refractivity contribution is 0.415. The Morgan fingerprint density at radius 3 is 2.54 bits per heavy atom. The molecule has 9 heteroatoms. The van der Waals surface area contributed by atoms with E-state index in [-0.39, 0.29) is 0 Å². The summed E-state index contributed by atoms with van der Waals surface area (Å²) >= 11 is 13.8. The highest BCUT2D eigenvalue weighted by Crippen LogP contribution is 2.26.